The number of nitrogens with one attached hydrogen (secondary N) is 1. The fourth-order valence-corrected chi connectivity index (χ4v) is 3.94. The normalized spacial score (nSPS) is 11.6. The minimum atomic E-state index is -1.09. The van der Waals surface area contributed by atoms with Gasteiger partial charge >= 0.3 is 5.97 Å². The van der Waals surface area contributed by atoms with Gasteiger partial charge in [-0.3, -0.25) is 4.79 Å². The molecule has 0 bridgehead atoms. The van der Waals surface area contributed by atoms with Crippen LogP contribution in [0.1, 0.15) is 20.9 Å². The summed E-state index contributed by atoms with van der Waals surface area (Å²) >= 11 is 1.20. The van der Waals surface area contributed by atoms with Gasteiger partial charge in [0.1, 0.15) is 15.9 Å². The molecule has 0 aliphatic carbocycles. The highest BCUT2D eigenvalue weighted by Crippen LogP contribution is 2.35. The van der Waals surface area contributed by atoms with E-state index in [1.165, 1.54) is 11.3 Å². The molecular weight excluding hydrogens is 404 g/mol. The Morgan fingerprint density at radius 1 is 1.10 bits per heavy atom. The quantitative estimate of drug-likeness (QED) is 0.572. The molecule has 0 fully saturated rings. The third-order valence-electron chi connectivity index (χ3n) is 4.52. The van der Waals surface area contributed by atoms with Crippen LogP contribution in [0.4, 0.5) is 0 Å². The molecule has 2 N–H and O–H groups in total. The largest absolute Gasteiger partial charge is 0.493 e. The third kappa shape index (κ3) is 4.77. The van der Waals surface area contributed by atoms with E-state index in [4.69, 9.17) is 9.47 Å². The van der Waals surface area contributed by atoms with Gasteiger partial charge in [0.25, 0.3) is 5.91 Å². The van der Waals surface area contributed by atoms with E-state index in [0.29, 0.717) is 27.1 Å². The van der Waals surface area contributed by atoms with Crippen LogP contribution >= 0.6 is 11.3 Å². The van der Waals surface area contributed by atoms with Crippen LogP contribution in [0, 0.1) is 6.92 Å². The zero-order valence-corrected chi connectivity index (χ0v) is 17.7. The van der Waals surface area contributed by atoms with Crippen LogP contribution in [-0.2, 0) is 11.2 Å². The Balaban J connectivity index is 1.81. The zero-order valence-electron chi connectivity index (χ0n) is 16.8. The van der Waals surface area contributed by atoms with Gasteiger partial charge in [-0.25, -0.2) is 9.78 Å². The molecule has 1 heterocycles. The molecular formula is C22H22N2O5S. The molecule has 2 aromatic carbocycles. The second-order valence-corrected chi connectivity index (χ2v) is 7.56. The van der Waals surface area contributed by atoms with Crippen molar-refractivity contribution in [1.29, 1.82) is 0 Å². The Bertz CT molecular complexity index is 1050. The number of hydrogen-bond acceptors (Lipinski definition) is 6. The van der Waals surface area contributed by atoms with Gasteiger partial charge < -0.3 is 19.9 Å². The minimum absolute atomic E-state index is 0.197. The van der Waals surface area contributed by atoms with Gasteiger partial charge in [0, 0.05) is 12.0 Å². The number of aromatic nitrogens is 1. The van der Waals surface area contributed by atoms with Gasteiger partial charge in [0.05, 0.1) is 19.9 Å². The summed E-state index contributed by atoms with van der Waals surface area (Å²) in [7, 11) is 3.11. The standard InChI is InChI=1S/C22H22N2O5S/c1-13-19(20(25)24-16(22(26)27)11-14-7-5-4-6-8-14)30-21(23-13)15-9-10-17(28-2)18(12-15)29-3/h4-10,12,16H,11H2,1-3H3,(H,24,25)(H,26,27). The maximum absolute atomic E-state index is 12.8. The van der Waals surface area contributed by atoms with Crippen molar-refractivity contribution in [2.45, 2.75) is 19.4 Å². The Morgan fingerprint density at radius 3 is 2.43 bits per heavy atom. The number of carboxylic acids is 1. The van der Waals surface area contributed by atoms with Gasteiger partial charge in [-0.1, -0.05) is 30.3 Å². The van der Waals surface area contributed by atoms with E-state index >= 15 is 0 Å². The predicted molar refractivity (Wildman–Crippen MR) is 114 cm³/mol. The number of nitrogens with zero attached hydrogens (tertiary/aromatic N) is 1. The SMILES string of the molecule is COc1ccc(-c2nc(C)c(C(=O)NC(Cc3ccccc3)C(=O)O)s2)cc1OC. The molecule has 3 aromatic rings. The molecule has 0 radical (unpaired) electrons. The number of aliphatic carboxylic acids is 1. The molecule has 1 amide bonds. The molecule has 0 aliphatic rings. The van der Waals surface area contributed by atoms with Gasteiger partial charge in [0.15, 0.2) is 11.5 Å². The molecule has 0 aliphatic heterocycles. The van der Waals surface area contributed by atoms with Crippen LogP contribution < -0.4 is 14.8 Å². The molecule has 30 heavy (non-hydrogen) atoms. The van der Waals surface area contributed by atoms with E-state index in [0.717, 1.165) is 11.1 Å². The van der Waals surface area contributed by atoms with Crippen molar-refractivity contribution in [3.8, 4) is 22.1 Å². The molecule has 3 rings (SSSR count). The molecule has 156 valence electrons. The summed E-state index contributed by atoms with van der Waals surface area (Å²) in [4.78, 5) is 29.3. The smallest absolute Gasteiger partial charge is 0.326 e. The fourth-order valence-electron chi connectivity index (χ4n) is 2.97. The number of carboxylic acid groups (broad SMARTS) is 1. The van der Waals surface area contributed by atoms with Crippen LogP contribution in [0.2, 0.25) is 0 Å². The van der Waals surface area contributed by atoms with Gasteiger partial charge in [0.2, 0.25) is 0 Å². The zero-order chi connectivity index (χ0) is 21.7. The first-order valence-electron chi connectivity index (χ1n) is 9.20. The van der Waals surface area contributed by atoms with Gasteiger partial charge in [-0.15, -0.1) is 11.3 Å². The number of carbonyl (C=O) groups is 2. The summed E-state index contributed by atoms with van der Waals surface area (Å²) in [6.07, 6.45) is 0.197. The van der Waals surface area contributed by atoms with Crippen molar-refractivity contribution >= 4 is 23.2 Å². The van der Waals surface area contributed by atoms with Gasteiger partial charge in [-0.05, 0) is 30.7 Å². The first kappa shape index (κ1) is 21.3. The maximum atomic E-state index is 12.8. The number of ether oxygens (including phenoxy) is 2. The lowest BCUT2D eigenvalue weighted by Crippen LogP contribution is -2.42. The average molecular weight is 426 g/mol. The van der Waals surface area contributed by atoms with Gasteiger partial charge in [-0.2, -0.15) is 0 Å². The van der Waals surface area contributed by atoms with Crippen LogP contribution in [0.3, 0.4) is 0 Å². The van der Waals surface area contributed by atoms with E-state index in [1.807, 2.05) is 36.4 Å². The summed E-state index contributed by atoms with van der Waals surface area (Å²) in [5.74, 6) is -0.394. The fraction of sp³-hybridized carbons (Fsp3) is 0.227. The Kier molecular flexibility index (Phi) is 6.68. The van der Waals surface area contributed by atoms with Crippen LogP contribution in [0.15, 0.2) is 48.5 Å². The summed E-state index contributed by atoms with van der Waals surface area (Å²) in [5.41, 5.74) is 2.14. The third-order valence-corrected chi connectivity index (χ3v) is 5.72. The number of methoxy groups -OCH3 is 2. The van der Waals surface area contributed by atoms with E-state index in [1.54, 1.807) is 33.3 Å². The molecule has 0 saturated heterocycles. The number of hydrogen-bond donors (Lipinski definition) is 2. The van der Waals surface area contributed by atoms with Crippen molar-refractivity contribution in [2.75, 3.05) is 14.2 Å². The number of amides is 1. The molecule has 1 unspecified atom stereocenters. The van der Waals surface area contributed by atoms with Crippen molar-refractivity contribution in [3.63, 3.8) is 0 Å². The van der Waals surface area contributed by atoms with E-state index in [-0.39, 0.29) is 6.42 Å². The van der Waals surface area contributed by atoms with Crippen LogP contribution in [0.5, 0.6) is 11.5 Å². The molecule has 1 aromatic heterocycles. The molecule has 8 heteroatoms. The molecule has 0 saturated carbocycles. The second-order valence-electron chi connectivity index (χ2n) is 6.56. The molecule has 1 atom stereocenters. The topological polar surface area (TPSA) is 97.8 Å². The van der Waals surface area contributed by atoms with Crippen molar-refractivity contribution in [2.24, 2.45) is 0 Å². The lowest BCUT2D eigenvalue weighted by molar-refractivity contribution is -0.139. The number of rotatable bonds is 8. The first-order valence-corrected chi connectivity index (χ1v) is 10.0. The highest BCUT2D eigenvalue weighted by molar-refractivity contribution is 7.17. The summed E-state index contributed by atoms with van der Waals surface area (Å²) in [6.45, 7) is 1.72. The maximum Gasteiger partial charge on any atom is 0.326 e. The van der Waals surface area contributed by atoms with Crippen molar-refractivity contribution < 1.29 is 24.2 Å². The van der Waals surface area contributed by atoms with Crippen LogP contribution in [0.25, 0.3) is 10.6 Å². The minimum Gasteiger partial charge on any atom is -0.493 e. The lowest BCUT2D eigenvalue weighted by atomic mass is 10.1. The van der Waals surface area contributed by atoms with E-state index < -0.39 is 17.9 Å². The summed E-state index contributed by atoms with van der Waals surface area (Å²) in [6, 6.07) is 13.5. The average Bonchev–Trinajstić information content (AvgIpc) is 3.15. The Labute approximate surface area is 178 Å². The van der Waals surface area contributed by atoms with Crippen molar-refractivity contribution in [3.05, 3.63) is 64.7 Å². The number of aryl methyl sites for hydroxylation is 1. The second kappa shape index (κ2) is 9.41. The summed E-state index contributed by atoms with van der Waals surface area (Å²) < 4.78 is 10.6. The number of thiazole rings is 1. The first-order chi connectivity index (χ1) is 14.4. The molecule has 7 nitrogen and oxygen atoms in total. The number of carbonyl (C=O) groups excluding carboxylic acids is 1. The Hall–Kier alpha value is -3.39. The number of benzene rings is 2. The Morgan fingerprint density at radius 2 is 1.80 bits per heavy atom. The highest BCUT2D eigenvalue weighted by atomic mass is 32.1. The highest BCUT2D eigenvalue weighted by Gasteiger charge is 2.24. The van der Waals surface area contributed by atoms with Crippen molar-refractivity contribution in [1.82, 2.24) is 10.3 Å². The molecule has 0 spiro atoms. The van der Waals surface area contributed by atoms with E-state index in [9.17, 15) is 14.7 Å². The predicted octanol–water partition coefficient (Wildman–Crippen LogP) is 3.56. The summed E-state index contributed by atoms with van der Waals surface area (Å²) in [5, 5.41) is 12.8. The van der Waals surface area contributed by atoms with Crippen LogP contribution in [-0.4, -0.2) is 42.2 Å². The van der Waals surface area contributed by atoms with E-state index in [2.05, 4.69) is 10.3 Å². The lowest BCUT2D eigenvalue weighted by Gasteiger charge is -2.14. The monoisotopic (exact) mass is 426 g/mol.